The van der Waals surface area contributed by atoms with E-state index in [0.29, 0.717) is 5.41 Å². The maximum atomic E-state index is 5.28. The highest BCUT2D eigenvalue weighted by Crippen LogP contribution is 2.40. The van der Waals surface area contributed by atoms with Crippen LogP contribution in [0.5, 0.6) is 0 Å². The maximum absolute atomic E-state index is 5.28. The molecule has 1 rings (SSSR count). The van der Waals surface area contributed by atoms with Crippen LogP contribution in [0.3, 0.4) is 0 Å². The molecule has 0 nitrogen and oxygen atoms in total. The van der Waals surface area contributed by atoms with Gasteiger partial charge in [-0.2, -0.15) is 0 Å². The van der Waals surface area contributed by atoms with Crippen LogP contribution in [-0.4, -0.2) is 0 Å². The van der Waals surface area contributed by atoms with Crippen molar-refractivity contribution in [3.05, 3.63) is 12.2 Å². The molecule has 1 aliphatic rings. The van der Waals surface area contributed by atoms with Crippen LogP contribution in [-0.2, 0) is 0 Å². The fraction of sp³-hybridized carbons (Fsp3) is 0.692. The second kappa shape index (κ2) is 4.51. The van der Waals surface area contributed by atoms with Crippen LogP contribution in [0.15, 0.2) is 12.2 Å². The van der Waals surface area contributed by atoms with E-state index in [9.17, 15) is 0 Å². The Kier molecular flexibility index (Phi) is 3.60. The Morgan fingerprint density at radius 2 is 2.00 bits per heavy atom. The van der Waals surface area contributed by atoms with Crippen molar-refractivity contribution in [2.24, 2.45) is 5.41 Å². The van der Waals surface area contributed by atoms with Gasteiger partial charge in [0.25, 0.3) is 0 Å². The molecule has 0 saturated heterocycles. The molecule has 0 heteroatoms. The monoisotopic (exact) mass is 176 g/mol. The zero-order valence-electron chi connectivity index (χ0n) is 8.73. The smallest absolute Gasteiger partial charge is 0.00540 e. The van der Waals surface area contributed by atoms with E-state index in [2.05, 4.69) is 19.4 Å². The van der Waals surface area contributed by atoms with Gasteiger partial charge in [-0.3, -0.25) is 0 Å². The SMILES string of the molecule is C#CC(=C)CCC1(C)CCCCC1. The third kappa shape index (κ3) is 3.27. The van der Waals surface area contributed by atoms with Gasteiger partial charge in [-0.05, 0) is 36.7 Å². The predicted octanol–water partition coefficient (Wildman–Crippen LogP) is 3.93. The standard InChI is InChI=1S/C13H20/c1-4-12(2)8-11-13(3)9-6-5-7-10-13/h1H,2,5-11H2,3H3. The van der Waals surface area contributed by atoms with Crippen molar-refractivity contribution in [3.8, 4) is 12.3 Å². The summed E-state index contributed by atoms with van der Waals surface area (Å²) in [4.78, 5) is 0. The van der Waals surface area contributed by atoms with Gasteiger partial charge < -0.3 is 0 Å². The number of terminal acetylenes is 1. The van der Waals surface area contributed by atoms with Crippen molar-refractivity contribution >= 4 is 0 Å². The minimum Gasteiger partial charge on any atom is -0.115 e. The van der Waals surface area contributed by atoms with Gasteiger partial charge in [0.2, 0.25) is 0 Å². The zero-order valence-corrected chi connectivity index (χ0v) is 8.73. The molecule has 72 valence electrons. The van der Waals surface area contributed by atoms with Gasteiger partial charge in [0, 0.05) is 0 Å². The fourth-order valence-corrected chi connectivity index (χ4v) is 2.18. The van der Waals surface area contributed by atoms with E-state index in [-0.39, 0.29) is 0 Å². The van der Waals surface area contributed by atoms with E-state index in [1.54, 1.807) is 0 Å². The summed E-state index contributed by atoms with van der Waals surface area (Å²) in [6, 6.07) is 0. The molecule has 1 saturated carbocycles. The lowest BCUT2D eigenvalue weighted by molar-refractivity contribution is 0.200. The average Bonchev–Trinajstić information content (AvgIpc) is 2.15. The van der Waals surface area contributed by atoms with E-state index in [4.69, 9.17) is 6.42 Å². The topological polar surface area (TPSA) is 0 Å². The zero-order chi connectivity index (χ0) is 9.73. The molecule has 0 atom stereocenters. The molecule has 0 aromatic heterocycles. The molecule has 0 amide bonds. The second-order valence-corrected chi connectivity index (χ2v) is 4.62. The molecule has 0 aromatic rings. The maximum Gasteiger partial charge on any atom is -0.00540 e. The normalized spacial score (nSPS) is 20.6. The van der Waals surface area contributed by atoms with Crippen molar-refractivity contribution in [1.29, 1.82) is 0 Å². The predicted molar refractivity (Wildman–Crippen MR) is 58.4 cm³/mol. The summed E-state index contributed by atoms with van der Waals surface area (Å²) in [6.45, 7) is 6.25. The lowest BCUT2D eigenvalue weighted by Crippen LogP contribution is -2.19. The van der Waals surface area contributed by atoms with Gasteiger partial charge in [0.1, 0.15) is 0 Å². The summed E-state index contributed by atoms with van der Waals surface area (Å²) in [5.74, 6) is 2.63. The van der Waals surface area contributed by atoms with E-state index in [0.717, 1.165) is 12.0 Å². The summed E-state index contributed by atoms with van der Waals surface area (Å²) in [5.41, 5.74) is 1.52. The van der Waals surface area contributed by atoms with Gasteiger partial charge in [-0.15, -0.1) is 6.42 Å². The summed E-state index contributed by atoms with van der Waals surface area (Å²) >= 11 is 0. The van der Waals surface area contributed by atoms with Gasteiger partial charge >= 0.3 is 0 Å². The van der Waals surface area contributed by atoms with Gasteiger partial charge in [-0.25, -0.2) is 0 Å². The molecular formula is C13H20. The lowest BCUT2D eigenvalue weighted by Gasteiger charge is -2.33. The summed E-state index contributed by atoms with van der Waals surface area (Å²) in [6.07, 6.45) is 14.5. The summed E-state index contributed by atoms with van der Waals surface area (Å²) in [5, 5.41) is 0. The number of rotatable bonds is 3. The molecule has 1 fully saturated rings. The van der Waals surface area contributed by atoms with E-state index >= 15 is 0 Å². The third-order valence-corrected chi connectivity index (χ3v) is 3.30. The van der Waals surface area contributed by atoms with E-state index in [1.807, 2.05) is 0 Å². The van der Waals surface area contributed by atoms with Crippen LogP contribution in [0.2, 0.25) is 0 Å². The molecule has 0 unspecified atom stereocenters. The van der Waals surface area contributed by atoms with Crippen LogP contribution in [0.25, 0.3) is 0 Å². The Balaban J connectivity index is 2.34. The van der Waals surface area contributed by atoms with Crippen molar-refractivity contribution in [2.45, 2.75) is 51.9 Å². The molecule has 0 radical (unpaired) electrons. The van der Waals surface area contributed by atoms with Crippen molar-refractivity contribution in [1.82, 2.24) is 0 Å². The van der Waals surface area contributed by atoms with Crippen LogP contribution in [0.1, 0.15) is 51.9 Å². The number of allylic oxidation sites excluding steroid dienone is 1. The van der Waals surface area contributed by atoms with Crippen molar-refractivity contribution < 1.29 is 0 Å². The molecular weight excluding hydrogens is 156 g/mol. The fourth-order valence-electron chi connectivity index (χ4n) is 2.18. The third-order valence-electron chi connectivity index (χ3n) is 3.30. The first-order chi connectivity index (χ1) is 6.16. The van der Waals surface area contributed by atoms with Crippen LogP contribution in [0.4, 0.5) is 0 Å². The largest absolute Gasteiger partial charge is 0.115 e. The molecule has 0 aliphatic heterocycles. The Morgan fingerprint density at radius 1 is 1.38 bits per heavy atom. The van der Waals surface area contributed by atoms with Gasteiger partial charge in [0.05, 0.1) is 0 Å². The molecule has 13 heavy (non-hydrogen) atoms. The van der Waals surface area contributed by atoms with Crippen molar-refractivity contribution in [2.75, 3.05) is 0 Å². The second-order valence-electron chi connectivity index (χ2n) is 4.62. The Bertz CT molecular complexity index is 211. The molecule has 0 bridgehead atoms. The summed E-state index contributed by atoms with van der Waals surface area (Å²) in [7, 11) is 0. The molecule has 0 N–H and O–H groups in total. The number of hydrogen-bond donors (Lipinski definition) is 0. The number of hydrogen-bond acceptors (Lipinski definition) is 0. The first-order valence-electron chi connectivity index (χ1n) is 5.31. The lowest BCUT2D eigenvalue weighted by atomic mass is 9.72. The quantitative estimate of drug-likeness (QED) is 0.572. The van der Waals surface area contributed by atoms with Crippen LogP contribution < -0.4 is 0 Å². The first-order valence-corrected chi connectivity index (χ1v) is 5.31. The average molecular weight is 176 g/mol. The highest BCUT2D eigenvalue weighted by molar-refractivity contribution is 5.21. The Hall–Kier alpha value is -0.700. The Labute approximate surface area is 82.4 Å². The van der Waals surface area contributed by atoms with E-state index in [1.165, 1.54) is 38.5 Å². The molecule has 0 heterocycles. The minimum absolute atomic E-state index is 0.554. The highest BCUT2D eigenvalue weighted by Gasteiger charge is 2.25. The van der Waals surface area contributed by atoms with Gasteiger partial charge in [-0.1, -0.05) is 38.7 Å². The molecule has 1 aliphatic carbocycles. The van der Waals surface area contributed by atoms with Gasteiger partial charge in [0.15, 0.2) is 0 Å². The van der Waals surface area contributed by atoms with Crippen molar-refractivity contribution in [3.63, 3.8) is 0 Å². The van der Waals surface area contributed by atoms with Crippen LogP contribution >= 0.6 is 0 Å². The minimum atomic E-state index is 0.554. The highest BCUT2D eigenvalue weighted by atomic mass is 14.3. The molecule has 0 spiro atoms. The van der Waals surface area contributed by atoms with E-state index < -0.39 is 0 Å². The van der Waals surface area contributed by atoms with Crippen LogP contribution in [0, 0.1) is 17.8 Å². The summed E-state index contributed by atoms with van der Waals surface area (Å²) < 4.78 is 0. The molecule has 0 aromatic carbocycles. The Morgan fingerprint density at radius 3 is 2.54 bits per heavy atom. The first kappa shape index (κ1) is 10.4.